The molecular formula is C31H31FN2O4. The lowest BCUT2D eigenvalue weighted by Gasteiger charge is -2.37. The first-order valence-corrected chi connectivity index (χ1v) is 12.9. The largest absolute Gasteiger partial charge is 0.489 e. The van der Waals surface area contributed by atoms with E-state index in [2.05, 4.69) is 5.32 Å². The van der Waals surface area contributed by atoms with Crippen LogP contribution in [-0.4, -0.2) is 42.6 Å². The summed E-state index contributed by atoms with van der Waals surface area (Å²) in [7, 11) is 1.38. The second-order valence-corrected chi connectivity index (χ2v) is 9.65. The van der Waals surface area contributed by atoms with Crippen LogP contribution in [0.1, 0.15) is 36.0 Å². The van der Waals surface area contributed by atoms with E-state index in [1.54, 1.807) is 17.0 Å². The molecular weight excluding hydrogens is 483 g/mol. The second-order valence-electron chi connectivity index (χ2n) is 9.65. The van der Waals surface area contributed by atoms with Crippen molar-refractivity contribution in [3.63, 3.8) is 0 Å². The molecule has 2 aliphatic heterocycles. The summed E-state index contributed by atoms with van der Waals surface area (Å²) in [5.74, 6) is 0.0235. The Morgan fingerprint density at radius 2 is 1.76 bits per heavy atom. The van der Waals surface area contributed by atoms with Gasteiger partial charge in [0.15, 0.2) is 0 Å². The first-order chi connectivity index (χ1) is 18.5. The summed E-state index contributed by atoms with van der Waals surface area (Å²) in [4.78, 5) is 28.1. The third kappa shape index (κ3) is 5.57. The molecule has 0 saturated carbocycles. The van der Waals surface area contributed by atoms with Gasteiger partial charge in [0.05, 0.1) is 18.7 Å². The van der Waals surface area contributed by atoms with Crippen molar-refractivity contribution in [1.82, 2.24) is 10.2 Å². The Balaban J connectivity index is 1.33. The fourth-order valence-electron chi connectivity index (χ4n) is 5.43. The van der Waals surface area contributed by atoms with Gasteiger partial charge in [0.1, 0.15) is 18.2 Å². The molecule has 2 aliphatic rings. The predicted molar refractivity (Wildman–Crippen MR) is 143 cm³/mol. The molecule has 2 bridgehead atoms. The highest BCUT2D eigenvalue weighted by Gasteiger charge is 2.46. The van der Waals surface area contributed by atoms with E-state index in [1.807, 2.05) is 54.6 Å². The molecule has 0 aliphatic carbocycles. The highest BCUT2D eigenvalue weighted by molar-refractivity contribution is 6.01. The number of urea groups is 1. The van der Waals surface area contributed by atoms with Crippen molar-refractivity contribution in [2.24, 2.45) is 0 Å². The number of esters is 1. The van der Waals surface area contributed by atoms with Gasteiger partial charge in [0.2, 0.25) is 0 Å². The van der Waals surface area contributed by atoms with Crippen molar-refractivity contribution in [3.8, 4) is 5.75 Å². The molecule has 1 N–H and O–H groups in total. The van der Waals surface area contributed by atoms with Gasteiger partial charge in [-0.25, -0.2) is 14.0 Å². The number of ether oxygens (including phenoxy) is 2. The van der Waals surface area contributed by atoms with Crippen molar-refractivity contribution >= 4 is 17.6 Å². The molecule has 2 amide bonds. The van der Waals surface area contributed by atoms with E-state index >= 15 is 0 Å². The molecule has 196 valence electrons. The molecule has 2 heterocycles. The maximum Gasteiger partial charge on any atom is 0.336 e. The Bertz CT molecular complexity index is 1320. The summed E-state index contributed by atoms with van der Waals surface area (Å²) in [6.07, 6.45) is 2.67. The van der Waals surface area contributed by atoms with Crippen molar-refractivity contribution in [2.45, 2.75) is 44.4 Å². The van der Waals surface area contributed by atoms with Crippen LogP contribution in [0, 0.1) is 5.82 Å². The SMILES string of the molecule is COC(=O)C1=C(c2cccc(OCc3ccccc3)c2)C[C@@H]2CC[C@H]1N2C(=O)NCCc1ccc(F)cc1. The number of methoxy groups -OCH3 is 1. The van der Waals surface area contributed by atoms with E-state index in [-0.39, 0.29) is 23.9 Å². The van der Waals surface area contributed by atoms with Crippen LogP contribution in [0.25, 0.3) is 5.57 Å². The van der Waals surface area contributed by atoms with E-state index in [1.165, 1.54) is 19.2 Å². The van der Waals surface area contributed by atoms with Gasteiger partial charge < -0.3 is 19.7 Å². The minimum atomic E-state index is -0.412. The number of hydrogen-bond acceptors (Lipinski definition) is 4. The number of fused-ring (bicyclic) bond motifs is 2. The Hall–Kier alpha value is -4.13. The zero-order valence-electron chi connectivity index (χ0n) is 21.4. The van der Waals surface area contributed by atoms with Gasteiger partial charge >= 0.3 is 12.0 Å². The lowest BCUT2D eigenvalue weighted by atomic mass is 9.88. The van der Waals surface area contributed by atoms with Gasteiger partial charge in [-0.1, -0.05) is 54.6 Å². The fraction of sp³-hybridized carbons (Fsp3) is 0.290. The lowest BCUT2D eigenvalue weighted by Crippen LogP contribution is -2.51. The molecule has 3 aromatic rings. The Morgan fingerprint density at radius 3 is 2.53 bits per heavy atom. The second kappa shape index (κ2) is 11.5. The van der Waals surface area contributed by atoms with Gasteiger partial charge in [-0.15, -0.1) is 0 Å². The molecule has 2 atom stereocenters. The molecule has 0 unspecified atom stereocenters. The van der Waals surface area contributed by atoms with Crippen LogP contribution in [0.4, 0.5) is 9.18 Å². The van der Waals surface area contributed by atoms with Crippen LogP contribution >= 0.6 is 0 Å². The van der Waals surface area contributed by atoms with Crippen LogP contribution in [-0.2, 0) is 22.6 Å². The maximum atomic E-state index is 13.2. The smallest absolute Gasteiger partial charge is 0.336 e. The van der Waals surface area contributed by atoms with Gasteiger partial charge in [-0.3, -0.25) is 0 Å². The quantitative estimate of drug-likeness (QED) is 0.402. The van der Waals surface area contributed by atoms with Crippen LogP contribution < -0.4 is 10.1 Å². The molecule has 5 rings (SSSR count). The number of halogens is 1. The van der Waals surface area contributed by atoms with Crippen LogP contribution in [0.5, 0.6) is 5.75 Å². The number of amides is 2. The Morgan fingerprint density at radius 1 is 0.974 bits per heavy atom. The fourth-order valence-corrected chi connectivity index (χ4v) is 5.43. The van der Waals surface area contributed by atoms with E-state index < -0.39 is 5.97 Å². The molecule has 0 aromatic heterocycles. The zero-order chi connectivity index (χ0) is 26.5. The monoisotopic (exact) mass is 514 g/mol. The third-order valence-electron chi connectivity index (χ3n) is 7.27. The predicted octanol–water partition coefficient (Wildman–Crippen LogP) is 5.52. The number of carbonyl (C=O) groups excluding carboxylic acids is 2. The number of hydrogen-bond donors (Lipinski definition) is 1. The molecule has 6 nitrogen and oxygen atoms in total. The number of nitrogens with zero attached hydrogens (tertiary/aromatic N) is 1. The van der Waals surface area contributed by atoms with Crippen molar-refractivity contribution in [3.05, 3.63) is 107 Å². The van der Waals surface area contributed by atoms with Crippen molar-refractivity contribution in [2.75, 3.05) is 13.7 Å². The minimum Gasteiger partial charge on any atom is -0.489 e. The highest BCUT2D eigenvalue weighted by atomic mass is 19.1. The minimum absolute atomic E-state index is 0.0110. The molecule has 3 aromatic carbocycles. The standard InChI is InChI=1S/C31H31FN2O4/c1-37-30(35)29-27(23-8-5-9-26(18-23)38-20-22-6-3-2-4-7-22)19-25-14-15-28(29)34(25)31(36)33-17-16-21-10-12-24(32)13-11-21/h2-13,18,25,28H,14-17,19-20H2,1H3,(H,33,36)/t25-,28+/m0/s1. The van der Waals surface area contributed by atoms with E-state index in [0.717, 1.165) is 34.4 Å². The normalized spacial score (nSPS) is 18.3. The Kier molecular flexibility index (Phi) is 7.73. The van der Waals surface area contributed by atoms with Gasteiger partial charge in [0.25, 0.3) is 0 Å². The number of benzene rings is 3. The summed E-state index contributed by atoms with van der Waals surface area (Å²) >= 11 is 0. The first-order valence-electron chi connectivity index (χ1n) is 12.9. The van der Waals surface area contributed by atoms with E-state index in [0.29, 0.717) is 38.0 Å². The maximum absolute atomic E-state index is 13.2. The molecule has 1 saturated heterocycles. The van der Waals surface area contributed by atoms with Crippen LogP contribution in [0.15, 0.2) is 84.4 Å². The number of rotatable bonds is 8. The van der Waals surface area contributed by atoms with Gasteiger partial charge in [0, 0.05) is 12.6 Å². The highest BCUT2D eigenvalue weighted by Crippen LogP contribution is 2.44. The average Bonchev–Trinajstić information content (AvgIpc) is 3.26. The number of nitrogens with one attached hydrogen (secondary N) is 1. The third-order valence-corrected chi connectivity index (χ3v) is 7.27. The summed E-state index contributed by atoms with van der Waals surface area (Å²) < 4.78 is 24.4. The van der Waals surface area contributed by atoms with Crippen LogP contribution in [0.3, 0.4) is 0 Å². The summed E-state index contributed by atoms with van der Waals surface area (Å²) in [6.45, 7) is 0.871. The van der Waals surface area contributed by atoms with Crippen molar-refractivity contribution in [1.29, 1.82) is 0 Å². The number of carbonyl (C=O) groups is 2. The zero-order valence-corrected chi connectivity index (χ0v) is 21.4. The summed E-state index contributed by atoms with van der Waals surface area (Å²) in [5.41, 5.74) is 4.37. The average molecular weight is 515 g/mol. The lowest BCUT2D eigenvalue weighted by molar-refractivity contribution is -0.136. The van der Waals surface area contributed by atoms with Crippen LogP contribution in [0.2, 0.25) is 0 Å². The molecule has 0 radical (unpaired) electrons. The first kappa shape index (κ1) is 25.5. The van der Waals surface area contributed by atoms with E-state index in [9.17, 15) is 14.0 Å². The molecule has 7 heteroatoms. The van der Waals surface area contributed by atoms with Gasteiger partial charge in [-0.05, 0) is 72.2 Å². The molecule has 38 heavy (non-hydrogen) atoms. The summed E-state index contributed by atoms with van der Waals surface area (Å²) in [6, 6.07) is 23.4. The molecule has 1 fully saturated rings. The van der Waals surface area contributed by atoms with Crippen molar-refractivity contribution < 1.29 is 23.5 Å². The van der Waals surface area contributed by atoms with Gasteiger partial charge in [-0.2, -0.15) is 0 Å². The molecule has 0 spiro atoms. The summed E-state index contributed by atoms with van der Waals surface area (Å²) in [5, 5.41) is 2.99. The van der Waals surface area contributed by atoms with E-state index in [4.69, 9.17) is 9.47 Å². The topological polar surface area (TPSA) is 67.9 Å². The Labute approximate surface area is 222 Å².